The zero-order chi connectivity index (χ0) is 19.7. The highest BCUT2D eigenvalue weighted by Crippen LogP contribution is 2.31. The number of rotatable bonds is 7. The minimum absolute atomic E-state index is 0.00450. The first-order valence-corrected chi connectivity index (χ1v) is 9.04. The lowest BCUT2D eigenvalue weighted by Gasteiger charge is -2.08. The van der Waals surface area contributed by atoms with E-state index in [9.17, 15) is 23.1 Å². The molecule has 0 radical (unpaired) electrons. The Morgan fingerprint density at radius 1 is 1.42 bits per heavy atom. The third-order valence-corrected chi connectivity index (χ3v) is 3.83. The summed E-state index contributed by atoms with van der Waals surface area (Å²) in [7, 11) is -1.64. The number of nitro groups is 1. The number of benzene rings is 1. The smallest absolute Gasteiger partial charge is 0.293 e. The number of halogens is 1. The van der Waals surface area contributed by atoms with Gasteiger partial charge >= 0.3 is 0 Å². The van der Waals surface area contributed by atoms with E-state index >= 15 is 0 Å². The van der Waals surface area contributed by atoms with Gasteiger partial charge in [-0.15, -0.1) is 0 Å². The third kappa shape index (κ3) is 7.78. The Kier molecular flexibility index (Phi) is 8.45. The first-order chi connectivity index (χ1) is 12.1. The Hall–Kier alpha value is -2.21. The Labute approximate surface area is 156 Å². The van der Waals surface area contributed by atoms with Crippen molar-refractivity contribution in [1.82, 2.24) is 4.57 Å². The number of nitrogens with zero attached hydrogens (tertiary/aromatic N) is 3. The summed E-state index contributed by atoms with van der Waals surface area (Å²) in [5.74, 6) is 0. The van der Waals surface area contributed by atoms with E-state index in [2.05, 4.69) is 14.1 Å². The summed E-state index contributed by atoms with van der Waals surface area (Å²) in [6.45, 7) is 1.46. The molecule has 0 atom stereocenters. The van der Waals surface area contributed by atoms with Crippen LogP contribution in [-0.2, 0) is 28.2 Å². The van der Waals surface area contributed by atoms with Crippen LogP contribution in [0.15, 0.2) is 36.9 Å². The third-order valence-electron chi connectivity index (χ3n) is 3.11. The lowest BCUT2D eigenvalue weighted by molar-refractivity contribution is -0.671. The van der Waals surface area contributed by atoms with Gasteiger partial charge in [-0.05, 0) is 6.07 Å². The molecular weight excluding hydrogens is 388 g/mol. The lowest BCUT2D eigenvalue weighted by atomic mass is 10.2. The molecule has 1 aromatic carbocycles. The van der Waals surface area contributed by atoms with Crippen molar-refractivity contribution in [2.45, 2.75) is 13.0 Å². The number of nitro benzene ring substituents is 1. The molecule has 0 aliphatic rings. The highest BCUT2D eigenvalue weighted by atomic mass is 35.5. The van der Waals surface area contributed by atoms with Crippen LogP contribution in [0.2, 0.25) is 5.02 Å². The first kappa shape index (κ1) is 21.8. The second kappa shape index (κ2) is 10.1. The van der Waals surface area contributed by atoms with Crippen LogP contribution in [-0.4, -0.2) is 36.1 Å². The van der Waals surface area contributed by atoms with Gasteiger partial charge in [0.15, 0.2) is 0 Å². The average molecular weight is 407 g/mol. The summed E-state index contributed by atoms with van der Waals surface area (Å²) in [6.07, 6.45) is 6.78. The molecule has 2 aromatic rings. The van der Waals surface area contributed by atoms with E-state index in [4.69, 9.17) is 11.6 Å². The van der Waals surface area contributed by atoms with Gasteiger partial charge in [0.1, 0.15) is 18.1 Å². The standard InChI is InChI=1S/C13H16ClN4O2.CH4O4S/c1-16-8-9-17(10-16)7-3-6-15-13-11(14)4-2-5-12(13)18(19)20;1-5-6(2,3)4/h2,4-5,8-10,15H,3,6-7H2,1H3;1H3,(H,2,3,4)/q+1;/p-1. The molecule has 2 rings (SSSR count). The van der Waals surface area contributed by atoms with Gasteiger partial charge in [-0.1, -0.05) is 17.7 Å². The molecule has 1 heterocycles. The maximum atomic E-state index is 10.9. The second-order valence-corrected chi connectivity index (χ2v) is 6.62. The minimum Gasteiger partial charge on any atom is -0.726 e. The molecule has 1 aromatic heterocycles. The van der Waals surface area contributed by atoms with E-state index in [0.717, 1.165) is 20.1 Å². The van der Waals surface area contributed by atoms with E-state index < -0.39 is 15.3 Å². The molecule has 0 amide bonds. The number of hydrogen-bond donors (Lipinski definition) is 1. The number of anilines is 1. The van der Waals surface area contributed by atoms with Crippen LogP contribution in [0.1, 0.15) is 6.42 Å². The summed E-state index contributed by atoms with van der Waals surface area (Å²) in [4.78, 5) is 10.5. The molecule has 0 saturated heterocycles. The Balaban J connectivity index is 0.000000487. The van der Waals surface area contributed by atoms with Crippen molar-refractivity contribution >= 4 is 33.4 Å². The van der Waals surface area contributed by atoms with Gasteiger partial charge in [0.2, 0.25) is 16.7 Å². The van der Waals surface area contributed by atoms with Crippen LogP contribution >= 0.6 is 11.6 Å². The fraction of sp³-hybridized carbons (Fsp3) is 0.357. The number of para-hydroxylation sites is 1. The SMILES string of the molecule is COS(=O)(=O)[O-].C[n+]1ccn(CCCNc2c(Cl)cccc2[N+](=O)[O-])c1. The van der Waals surface area contributed by atoms with E-state index in [-0.39, 0.29) is 5.69 Å². The largest absolute Gasteiger partial charge is 0.726 e. The van der Waals surface area contributed by atoms with Crippen LogP contribution < -0.4 is 9.88 Å². The Morgan fingerprint density at radius 2 is 2.08 bits per heavy atom. The number of aromatic nitrogens is 2. The van der Waals surface area contributed by atoms with Gasteiger partial charge < -0.3 is 9.87 Å². The maximum absolute atomic E-state index is 10.9. The van der Waals surface area contributed by atoms with Crippen LogP contribution in [0, 0.1) is 10.1 Å². The number of aryl methyl sites for hydroxylation is 2. The second-order valence-electron chi connectivity index (χ2n) is 5.06. The fourth-order valence-electron chi connectivity index (χ4n) is 1.95. The number of nitrogens with one attached hydrogen (secondary N) is 1. The Morgan fingerprint density at radius 3 is 2.58 bits per heavy atom. The van der Waals surface area contributed by atoms with E-state index in [0.29, 0.717) is 17.3 Å². The highest BCUT2D eigenvalue weighted by molar-refractivity contribution is 7.80. The van der Waals surface area contributed by atoms with Crippen molar-refractivity contribution in [2.24, 2.45) is 7.05 Å². The van der Waals surface area contributed by atoms with Crippen LogP contribution in [0.25, 0.3) is 0 Å². The summed E-state index contributed by atoms with van der Waals surface area (Å²) < 4.78 is 35.0. The molecule has 0 unspecified atom stereocenters. The monoisotopic (exact) mass is 406 g/mol. The van der Waals surface area contributed by atoms with Gasteiger partial charge in [0, 0.05) is 19.0 Å². The molecule has 10 nitrogen and oxygen atoms in total. The van der Waals surface area contributed by atoms with Crippen LogP contribution in [0.5, 0.6) is 0 Å². The van der Waals surface area contributed by atoms with E-state index in [1.54, 1.807) is 12.1 Å². The van der Waals surface area contributed by atoms with Crippen molar-refractivity contribution in [2.75, 3.05) is 19.0 Å². The molecule has 144 valence electrons. The molecule has 1 N–H and O–H groups in total. The average Bonchev–Trinajstić information content (AvgIpc) is 2.97. The van der Waals surface area contributed by atoms with Gasteiger partial charge in [-0.25, -0.2) is 17.6 Å². The van der Waals surface area contributed by atoms with Crippen LogP contribution in [0.3, 0.4) is 0 Å². The van der Waals surface area contributed by atoms with Crippen molar-refractivity contribution in [1.29, 1.82) is 0 Å². The van der Waals surface area contributed by atoms with Gasteiger partial charge in [-0.2, -0.15) is 0 Å². The van der Waals surface area contributed by atoms with Crippen molar-refractivity contribution in [3.05, 3.63) is 52.1 Å². The molecule has 0 aliphatic heterocycles. The number of imidazole rings is 1. The summed E-state index contributed by atoms with van der Waals surface area (Å²) in [6, 6.07) is 4.66. The quantitative estimate of drug-likeness (QED) is 0.184. The van der Waals surface area contributed by atoms with Gasteiger partial charge in [0.25, 0.3) is 5.69 Å². The zero-order valence-electron chi connectivity index (χ0n) is 14.2. The zero-order valence-corrected chi connectivity index (χ0v) is 15.7. The normalized spacial score (nSPS) is 10.8. The topological polar surface area (TPSA) is 130 Å². The van der Waals surface area contributed by atoms with Crippen molar-refractivity contribution in [3.8, 4) is 0 Å². The fourth-order valence-corrected chi connectivity index (χ4v) is 2.19. The molecule has 12 heteroatoms. The molecular formula is C14H19ClN4O6S. The maximum Gasteiger partial charge on any atom is 0.293 e. The molecule has 0 bridgehead atoms. The summed E-state index contributed by atoms with van der Waals surface area (Å²) in [5.41, 5.74) is 0.391. The molecule has 0 spiro atoms. The lowest BCUT2D eigenvalue weighted by Crippen LogP contribution is -2.23. The molecule has 0 fully saturated rings. The predicted molar refractivity (Wildman–Crippen MR) is 93.5 cm³/mol. The van der Waals surface area contributed by atoms with Crippen molar-refractivity contribution in [3.63, 3.8) is 0 Å². The number of hydrogen-bond acceptors (Lipinski definition) is 7. The molecule has 26 heavy (non-hydrogen) atoms. The summed E-state index contributed by atoms with van der Waals surface area (Å²) >= 11 is 6.00. The Bertz CT molecular complexity index is 840. The minimum atomic E-state index is -4.41. The van der Waals surface area contributed by atoms with E-state index in [1.165, 1.54) is 6.07 Å². The molecule has 0 aliphatic carbocycles. The van der Waals surface area contributed by atoms with Crippen molar-refractivity contribution < 1.29 is 26.6 Å². The van der Waals surface area contributed by atoms with Crippen LogP contribution in [0.4, 0.5) is 11.4 Å². The van der Waals surface area contributed by atoms with Gasteiger partial charge in [-0.3, -0.25) is 14.3 Å². The summed E-state index contributed by atoms with van der Waals surface area (Å²) in [5, 5.41) is 14.3. The van der Waals surface area contributed by atoms with E-state index in [1.807, 2.05) is 30.3 Å². The highest BCUT2D eigenvalue weighted by Gasteiger charge is 2.15. The predicted octanol–water partition coefficient (Wildman–Crippen LogP) is 1.47. The van der Waals surface area contributed by atoms with Gasteiger partial charge in [0.05, 0.1) is 30.6 Å². The first-order valence-electron chi connectivity index (χ1n) is 7.33. The molecule has 0 saturated carbocycles.